The van der Waals surface area contributed by atoms with E-state index >= 15 is 0 Å². The van der Waals surface area contributed by atoms with Crippen LogP contribution in [0, 0.1) is 52.3 Å². The van der Waals surface area contributed by atoms with Gasteiger partial charge in [-0.3, -0.25) is 4.79 Å². The lowest BCUT2D eigenvalue weighted by molar-refractivity contribution is -0.370. The molecule has 3 saturated heterocycles. The third-order valence-corrected chi connectivity index (χ3v) is 15.7. The molecule has 7 N–H and O–H groups in total. The molecule has 7 fully saturated rings. The Morgan fingerprint density at radius 2 is 1.48 bits per heavy atom. The van der Waals surface area contributed by atoms with Crippen molar-refractivity contribution in [3.63, 3.8) is 0 Å². The Bertz CT molecular complexity index is 1270. The van der Waals surface area contributed by atoms with E-state index in [0.717, 1.165) is 44.9 Å². The van der Waals surface area contributed by atoms with Gasteiger partial charge in [-0.15, -0.1) is 0 Å². The minimum atomic E-state index is -1.65. The van der Waals surface area contributed by atoms with Crippen LogP contribution in [0.5, 0.6) is 0 Å². The van der Waals surface area contributed by atoms with Gasteiger partial charge in [0.05, 0.1) is 24.9 Å². The summed E-state index contributed by atoms with van der Waals surface area (Å²) in [6.07, 6.45) is -6.09. The second-order valence-electron chi connectivity index (χ2n) is 18.3. The summed E-state index contributed by atoms with van der Waals surface area (Å²) < 4.78 is 30.1. The first-order valence-electron chi connectivity index (χ1n) is 20.1. The molecule has 0 aromatic rings. The van der Waals surface area contributed by atoms with E-state index in [1.165, 1.54) is 6.92 Å². The normalized spacial score (nSPS) is 56.0. The fourth-order valence-electron chi connectivity index (χ4n) is 12.4. The number of rotatable bonds is 7. The van der Waals surface area contributed by atoms with Crippen molar-refractivity contribution in [2.24, 2.45) is 52.3 Å². The number of aliphatic hydroxyl groups excluding tert-OH is 7. The summed E-state index contributed by atoms with van der Waals surface area (Å²) in [5, 5.41) is 73.3. The van der Waals surface area contributed by atoms with Gasteiger partial charge in [0.25, 0.3) is 0 Å². The van der Waals surface area contributed by atoms with Crippen LogP contribution in [0.4, 0.5) is 0 Å². The van der Waals surface area contributed by atoms with Gasteiger partial charge in [0.1, 0.15) is 48.5 Å². The van der Waals surface area contributed by atoms with Gasteiger partial charge in [0.15, 0.2) is 18.9 Å². The fraction of sp³-hybridized carbons (Fsp3) is 0.974. The van der Waals surface area contributed by atoms with Crippen LogP contribution in [0.3, 0.4) is 0 Å². The SMILES string of the molecule is CC1CCC(C(C)C2CCC3C4CC(=O)C5CC(O[C@@H]6O[C@H](CO)[C@@H](O)[C@H](O)[C@H]6O[C@@H]6O[C@@H](C)[C@H](O)[C@@H](O)[C@H]6O)CCC5(C)C4CCC23C)OC1O. The molecule has 4 aliphatic carbocycles. The molecule has 0 aromatic carbocycles. The topological polar surface area (TPSA) is 205 Å². The lowest BCUT2D eigenvalue weighted by Gasteiger charge is -2.61. The summed E-state index contributed by atoms with van der Waals surface area (Å²) in [5.74, 6) is 2.29. The van der Waals surface area contributed by atoms with Crippen LogP contribution in [0.1, 0.15) is 98.8 Å². The Balaban J connectivity index is 1.03. The number of hydrogen-bond donors (Lipinski definition) is 7. The van der Waals surface area contributed by atoms with Crippen molar-refractivity contribution in [1.29, 1.82) is 0 Å². The first-order valence-corrected chi connectivity index (χ1v) is 20.1. The third kappa shape index (κ3) is 6.64. The van der Waals surface area contributed by atoms with Crippen molar-refractivity contribution in [1.82, 2.24) is 0 Å². The molecule has 0 amide bonds. The van der Waals surface area contributed by atoms with Crippen molar-refractivity contribution in [3.05, 3.63) is 0 Å². The van der Waals surface area contributed by atoms with E-state index < -0.39 is 80.4 Å². The minimum Gasteiger partial charge on any atom is -0.394 e. The lowest BCUT2D eigenvalue weighted by Crippen LogP contribution is -2.64. The molecule has 298 valence electrons. The number of carbonyl (C=O) groups excluding carboxylic acids is 1. The summed E-state index contributed by atoms with van der Waals surface area (Å²) >= 11 is 0. The zero-order valence-electron chi connectivity index (χ0n) is 31.4. The molecule has 7 aliphatic rings. The van der Waals surface area contributed by atoms with Gasteiger partial charge < -0.3 is 59.4 Å². The third-order valence-electron chi connectivity index (χ3n) is 15.7. The molecule has 52 heavy (non-hydrogen) atoms. The summed E-state index contributed by atoms with van der Waals surface area (Å²) in [4.78, 5) is 14.2. The van der Waals surface area contributed by atoms with Gasteiger partial charge in [-0.25, -0.2) is 0 Å². The maximum absolute atomic E-state index is 14.2. The summed E-state index contributed by atoms with van der Waals surface area (Å²) in [7, 11) is 0. The van der Waals surface area contributed by atoms with Crippen LogP contribution < -0.4 is 0 Å². The van der Waals surface area contributed by atoms with E-state index in [2.05, 4.69) is 20.8 Å². The molecule has 22 atom stereocenters. The van der Waals surface area contributed by atoms with Crippen molar-refractivity contribution >= 4 is 5.78 Å². The average Bonchev–Trinajstić information content (AvgIpc) is 3.47. The molecule has 7 rings (SSSR count). The Morgan fingerprint density at radius 1 is 0.769 bits per heavy atom. The van der Waals surface area contributed by atoms with Crippen LogP contribution in [0.15, 0.2) is 0 Å². The molecular formula is C39H64O13. The molecule has 0 spiro atoms. The van der Waals surface area contributed by atoms with Gasteiger partial charge in [0, 0.05) is 18.3 Å². The van der Waals surface area contributed by atoms with Crippen LogP contribution in [0.25, 0.3) is 0 Å². The van der Waals surface area contributed by atoms with E-state index in [4.69, 9.17) is 23.7 Å². The molecular weight excluding hydrogens is 676 g/mol. The number of Topliss-reactive ketones (excluding diaryl/α,β-unsaturated/α-hetero) is 1. The smallest absolute Gasteiger partial charge is 0.187 e. The Labute approximate surface area is 307 Å². The lowest BCUT2D eigenvalue weighted by atomic mass is 9.44. The molecule has 0 aromatic heterocycles. The molecule has 13 heteroatoms. The zero-order valence-corrected chi connectivity index (χ0v) is 31.4. The highest BCUT2D eigenvalue weighted by molar-refractivity contribution is 5.83. The standard InChI is InChI=1S/C39H64O13/c1-17-6-9-27(50-35(17)47)18(2)22-7-8-23-21-15-26(41)25-14-20(10-12-39(25,5)24(21)11-13-38(22,23)4)49-37-34(32(45)30(43)28(16-40)51-37)52-36-33(46)31(44)29(42)19(3)48-36/h17-25,27-37,40,42-47H,6-16H2,1-5H3/t17?,18?,19-,20?,21?,22?,23?,24?,25?,27?,28+,29-,30+,31+,32-,33+,34+,35?,36-,37+,38?,39?/m0/s1. The number of fused-ring (bicyclic) bond motifs is 5. The van der Waals surface area contributed by atoms with Crippen LogP contribution in [-0.2, 0) is 28.5 Å². The van der Waals surface area contributed by atoms with Crippen LogP contribution in [0.2, 0.25) is 0 Å². The largest absolute Gasteiger partial charge is 0.394 e. The Kier molecular flexibility index (Phi) is 11.3. The second kappa shape index (κ2) is 14.9. The van der Waals surface area contributed by atoms with E-state index in [1.54, 1.807) is 0 Å². The molecule has 0 radical (unpaired) electrons. The van der Waals surface area contributed by atoms with Crippen molar-refractivity contribution in [2.45, 2.75) is 179 Å². The van der Waals surface area contributed by atoms with Gasteiger partial charge >= 0.3 is 0 Å². The van der Waals surface area contributed by atoms with Crippen molar-refractivity contribution in [3.8, 4) is 0 Å². The first-order chi connectivity index (χ1) is 24.6. The highest BCUT2D eigenvalue weighted by atomic mass is 16.8. The molecule has 13 nitrogen and oxygen atoms in total. The van der Waals surface area contributed by atoms with Gasteiger partial charge in [-0.05, 0) is 105 Å². The highest BCUT2D eigenvalue weighted by Gasteiger charge is 2.63. The van der Waals surface area contributed by atoms with E-state index in [1.807, 2.05) is 6.92 Å². The van der Waals surface area contributed by atoms with Gasteiger partial charge in [-0.2, -0.15) is 0 Å². The van der Waals surface area contributed by atoms with E-state index in [0.29, 0.717) is 48.9 Å². The highest BCUT2D eigenvalue weighted by Crippen LogP contribution is 2.68. The average molecular weight is 741 g/mol. The van der Waals surface area contributed by atoms with Crippen molar-refractivity contribution in [2.75, 3.05) is 6.61 Å². The molecule has 0 bridgehead atoms. The number of ketones is 1. The predicted molar refractivity (Wildman–Crippen MR) is 184 cm³/mol. The monoisotopic (exact) mass is 740 g/mol. The maximum Gasteiger partial charge on any atom is 0.187 e. The van der Waals surface area contributed by atoms with E-state index in [9.17, 15) is 40.5 Å². The zero-order chi connectivity index (χ0) is 37.4. The van der Waals surface area contributed by atoms with Gasteiger partial charge in [-0.1, -0.05) is 27.7 Å². The van der Waals surface area contributed by atoms with Crippen molar-refractivity contribution < 1.29 is 64.2 Å². The van der Waals surface area contributed by atoms with Crippen LogP contribution in [-0.4, -0.2) is 128 Å². The quantitative estimate of drug-likeness (QED) is 0.186. The van der Waals surface area contributed by atoms with Crippen LogP contribution >= 0.6 is 0 Å². The molecule has 3 heterocycles. The Morgan fingerprint density at radius 3 is 2.19 bits per heavy atom. The first kappa shape index (κ1) is 39.4. The second-order valence-corrected chi connectivity index (χ2v) is 18.3. The van der Waals surface area contributed by atoms with Gasteiger partial charge in [0.2, 0.25) is 0 Å². The number of carbonyl (C=O) groups is 1. The molecule has 3 aliphatic heterocycles. The fourth-order valence-corrected chi connectivity index (χ4v) is 12.4. The summed E-state index contributed by atoms with van der Waals surface area (Å²) in [5.41, 5.74) is -0.0529. The summed E-state index contributed by atoms with van der Waals surface area (Å²) in [6.45, 7) is 10.0. The maximum atomic E-state index is 14.2. The summed E-state index contributed by atoms with van der Waals surface area (Å²) in [6, 6.07) is 0. The molecule has 12 unspecified atom stereocenters. The minimum absolute atomic E-state index is 0.0631. The Hall–Kier alpha value is -0.810. The number of hydrogen-bond acceptors (Lipinski definition) is 13. The van der Waals surface area contributed by atoms with E-state index in [-0.39, 0.29) is 34.6 Å². The molecule has 4 saturated carbocycles. The number of aliphatic hydroxyl groups is 7. The number of ether oxygens (including phenoxy) is 5. The predicted octanol–water partition coefficient (Wildman–Crippen LogP) is 1.63.